The minimum atomic E-state index is -0.327. The van der Waals surface area contributed by atoms with Gasteiger partial charge in [0.05, 0.1) is 20.1 Å². The van der Waals surface area contributed by atoms with Crippen LogP contribution in [0.3, 0.4) is 0 Å². The highest BCUT2D eigenvalue weighted by Gasteiger charge is 2.42. The molecule has 6 heteroatoms. The maximum atomic E-state index is 12.9. The van der Waals surface area contributed by atoms with E-state index in [4.69, 9.17) is 9.47 Å². The highest BCUT2D eigenvalue weighted by Crippen LogP contribution is 2.40. The van der Waals surface area contributed by atoms with Gasteiger partial charge in [0, 0.05) is 37.0 Å². The average Bonchev–Trinajstić information content (AvgIpc) is 3.04. The SMILES string of the molecule is COc1ccc(OC)c([C@H]2CN(C(=O)CC(C)(C)C)C[C@H]2C(=O)NC(C)C)c1. The van der Waals surface area contributed by atoms with E-state index in [1.54, 1.807) is 14.2 Å². The van der Waals surface area contributed by atoms with E-state index in [1.165, 1.54) is 0 Å². The monoisotopic (exact) mass is 390 g/mol. The Morgan fingerprint density at radius 2 is 1.86 bits per heavy atom. The maximum absolute atomic E-state index is 12.9. The van der Waals surface area contributed by atoms with Crippen LogP contribution in [0.4, 0.5) is 0 Å². The van der Waals surface area contributed by atoms with Crippen molar-refractivity contribution in [2.45, 2.75) is 53.0 Å². The van der Waals surface area contributed by atoms with Crippen LogP contribution in [0.25, 0.3) is 0 Å². The third-order valence-electron chi connectivity index (χ3n) is 4.96. The number of methoxy groups -OCH3 is 2. The van der Waals surface area contributed by atoms with E-state index in [-0.39, 0.29) is 35.1 Å². The third-order valence-corrected chi connectivity index (χ3v) is 4.96. The molecule has 2 amide bonds. The Morgan fingerprint density at radius 1 is 1.18 bits per heavy atom. The van der Waals surface area contributed by atoms with E-state index < -0.39 is 0 Å². The summed E-state index contributed by atoms with van der Waals surface area (Å²) in [4.78, 5) is 27.6. The summed E-state index contributed by atoms with van der Waals surface area (Å²) in [6.45, 7) is 10.9. The summed E-state index contributed by atoms with van der Waals surface area (Å²) < 4.78 is 10.9. The summed E-state index contributed by atoms with van der Waals surface area (Å²) in [5.74, 6) is 0.992. The summed E-state index contributed by atoms with van der Waals surface area (Å²) in [5.41, 5.74) is 0.801. The number of hydrogen-bond acceptors (Lipinski definition) is 4. The molecule has 1 aromatic rings. The highest BCUT2D eigenvalue weighted by molar-refractivity contribution is 5.84. The van der Waals surface area contributed by atoms with Crippen molar-refractivity contribution in [3.8, 4) is 11.5 Å². The lowest BCUT2D eigenvalue weighted by Gasteiger charge is -2.23. The molecule has 0 aliphatic carbocycles. The summed E-state index contributed by atoms with van der Waals surface area (Å²) >= 11 is 0. The van der Waals surface area contributed by atoms with Gasteiger partial charge in [-0.3, -0.25) is 9.59 Å². The van der Waals surface area contributed by atoms with E-state index in [1.807, 2.05) is 57.7 Å². The number of hydrogen-bond donors (Lipinski definition) is 1. The molecule has 156 valence electrons. The molecule has 0 saturated carbocycles. The molecule has 0 spiro atoms. The summed E-state index contributed by atoms with van der Waals surface area (Å²) in [5, 5.41) is 3.01. The van der Waals surface area contributed by atoms with Gasteiger partial charge in [0.2, 0.25) is 11.8 Å². The molecular weight excluding hydrogens is 356 g/mol. The lowest BCUT2D eigenvalue weighted by Crippen LogP contribution is -2.39. The Labute approximate surface area is 168 Å². The maximum Gasteiger partial charge on any atom is 0.225 e. The third kappa shape index (κ3) is 5.40. The molecule has 2 rings (SSSR count). The number of likely N-dealkylation sites (tertiary alicyclic amines) is 1. The lowest BCUT2D eigenvalue weighted by molar-refractivity contribution is -0.132. The number of amides is 2. The molecule has 0 aromatic heterocycles. The van der Waals surface area contributed by atoms with Crippen molar-refractivity contribution in [1.29, 1.82) is 0 Å². The van der Waals surface area contributed by atoms with Crippen LogP contribution in [0.2, 0.25) is 0 Å². The summed E-state index contributed by atoms with van der Waals surface area (Å²) in [7, 11) is 3.23. The molecule has 0 unspecified atom stereocenters. The van der Waals surface area contributed by atoms with Gasteiger partial charge in [-0.15, -0.1) is 0 Å². The molecule has 28 heavy (non-hydrogen) atoms. The first-order valence-electron chi connectivity index (χ1n) is 9.85. The van der Waals surface area contributed by atoms with Gasteiger partial charge in [-0.25, -0.2) is 0 Å². The zero-order chi connectivity index (χ0) is 21.1. The van der Waals surface area contributed by atoms with Gasteiger partial charge in [-0.1, -0.05) is 20.8 Å². The van der Waals surface area contributed by atoms with Crippen molar-refractivity contribution >= 4 is 11.8 Å². The van der Waals surface area contributed by atoms with Gasteiger partial charge in [0.1, 0.15) is 11.5 Å². The van der Waals surface area contributed by atoms with E-state index in [0.29, 0.717) is 31.0 Å². The molecule has 1 aliphatic heterocycles. The predicted octanol–water partition coefficient (Wildman–Crippen LogP) is 3.21. The largest absolute Gasteiger partial charge is 0.497 e. The molecule has 1 saturated heterocycles. The van der Waals surface area contributed by atoms with E-state index in [9.17, 15) is 9.59 Å². The van der Waals surface area contributed by atoms with Crippen LogP contribution in [0.15, 0.2) is 18.2 Å². The Morgan fingerprint density at radius 3 is 2.39 bits per heavy atom. The smallest absolute Gasteiger partial charge is 0.225 e. The van der Waals surface area contributed by atoms with Gasteiger partial charge in [-0.2, -0.15) is 0 Å². The van der Waals surface area contributed by atoms with Crippen LogP contribution in [-0.2, 0) is 9.59 Å². The minimum absolute atomic E-state index is 0.0315. The molecule has 6 nitrogen and oxygen atoms in total. The molecule has 1 N–H and O–H groups in total. The van der Waals surface area contributed by atoms with Crippen molar-refractivity contribution in [3.63, 3.8) is 0 Å². The quantitative estimate of drug-likeness (QED) is 0.810. The van der Waals surface area contributed by atoms with Gasteiger partial charge in [0.25, 0.3) is 0 Å². The molecule has 0 radical (unpaired) electrons. The van der Waals surface area contributed by atoms with E-state index in [2.05, 4.69) is 5.32 Å². The topological polar surface area (TPSA) is 67.9 Å². The average molecular weight is 391 g/mol. The Hall–Kier alpha value is -2.24. The fourth-order valence-corrected chi connectivity index (χ4v) is 3.67. The standard InChI is InChI=1S/C22H34N2O4/c1-14(2)23-21(26)18-13-24(20(25)11-22(3,4)5)12-17(18)16-10-15(27-6)8-9-19(16)28-7/h8-10,14,17-18H,11-13H2,1-7H3,(H,23,26)/t17-,18-/m1/s1. The number of ether oxygens (including phenoxy) is 2. The number of benzene rings is 1. The van der Waals surface area contributed by atoms with E-state index in [0.717, 1.165) is 5.56 Å². The van der Waals surface area contributed by atoms with Gasteiger partial charge in [0.15, 0.2) is 0 Å². The first-order valence-corrected chi connectivity index (χ1v) is 9.85. The number of rotatable bonds is 6. The highest BCUT2D eigenvalue weighted by atomic mass is 16.5. The van der Waals surface area contributed by atoms with Crippen molar-refractivity contribution in [2.24, 2.45) is 11.3 Å². The first kappa shape index (κ1) is 22.1. The first-order chi connectivity index (χ1) is 13.1. The van der Waals surface area contributed by atoms with Gasteiger partial charge < -0.3 is 19.7 Å². The number of carbonyl (C=O) groups excluding carboxylic acids is 2. The molecule has 1 heterocycles. The molecule has 1 aliphatic rings. The van der Waals surface area contributed by atoms with Crippen molar-refractivity contribution in [2.75, 3.05) is 27.3 Å². The number of nitrogens with one attached hydrogen (secondary N) is 1. The van der Waals surface area contributed by atoms with Crippen molar-refractivity contribution < 1.29 is 19.1 Å². The van der Waals surface area contributed by atoms with Crippen LogP contribution in [0.1, 0.15) is 52.5 Å². The lowest BCUT2D eigenvalue weighted by atomic mass is 9.87. The second-order valence-corrected chi connectivity index (χ2v) is 9.02. The van der Waals surface area contributed by atoms with Crippen LogP contribution >= 0.6 is 0 Å². The molecule has 2 atom stereocenters. The normalized spacial score (nSPS) is 19.6. The molecule has 0 bridgehead atoms. The van der Waals surface area contributed by atoms with Crippen molar-refractivity contribution in [1.82, 2.24) is 10.2 Å². The fraction of sp³-hybridized carbons (Fsp3) is 0.636. The Balaban J connectivity index is 2.38. The second kappa shape index (κ2) is 8.84. The summed E-state index contributed by atoms with van der Waals surface area (Å²) in [6, 6.07) is 5.64. The molecular formula is C22H34N2O4. The molecule has 1 aromatic carbocycles. The van der Waals surface area contributed by atoms with Crippen molar-refractivity contribution in [3.05, 3.63) is 23.8 Å². The zero-order valence-electron chi connectivity index (χ0n) is 18.2. The minimum Gasteiger partial charge on any atom is -0.497 e. The van der Waals surface area contributed by atoms with Gasteiger partial charge in [-0.05, 0) is 37.5 Å². The number of carbonyl (C=O) groups is 2. The van der Waals surface area contributed by atoms with E-state index >= 15 is 0 Å². The summed E-state index contributed by atoms with van der Waals surface area (Å²) in [6.07, 6.45) is 0.452. The van der Waals surface area contributed by atoms with Crippen LogP contribution in [-0.4, -0.2) is 50.1 Å². The van der Waals surface area contributed by atoms with Gasteiger partial charge >= 0.3 is 0 Å². The molecule has 1 fully saturated rings. The Bertz CT molecular complexity index is 709. The van der Waals surface area contributed by atoms with Crippen LogP contribution < -0.4 is 14.8 Å². The van der Waals surface area contributed by atoms with Crippen LogP contribution in [0.5, 0.6) is 11.5 Å². The van der Waals surface area contributed by atoms with Crippen LogP contribution in [0, 0.1) is 11.3 Å². The second-order valence-electron chi connectivity index (χ2n) is 9.02. The Kier molecular flexibility index (Phi) is 6.96. The zero-order valence-corrected chi connectivity index (χ0v) is 18.2. The predicted molar refractivity (Wildman–Crippen MR) is 110 cm³/mol. The fourth-order valence-electron chi connectivity index (χ4n) is 3.67. The number of nitrogens with zero attached hydrogens (tertiary/aromatic N) is 1.